The first-order valence-electron chi connectivity index (χ1n) is 7.53. The highest BCUT2D eigenvalue weighted by atomic mass is 16.5. The molecule has 0 aliphatic carbocycles. The van der Waals surface area contributed by atoms with E-state index in [0.717, 1.165) is 38.8 Å². The lowest BCUT2D eigenvalue weighted by molar-refractivity contribution is -0.152. The summed E-state index contributed by atoms with van der Waals surface area (Å²) in [7, 11) is 0. The molecule has 0 spiro atoms. The normalized spacial score (nSPS) is 24.6. The molecule has 0 unspecified atom stereocenters. The van der Waals surface area contributed by atoms with Gasteiger partial charge in [-0.15, -0.1) is 0 Å². The molecule has 0 aromatic carbocycles. The van der Waals surface area contributed by atoms with Crippen molar-refractivity contribution in [3.05, 3.63) is 0 Å². The molecule has 1 atom stereocenters. The largest absolute Gasteiger partial charge is 0.480 e. The number of carboxylic acid groups (broad SMARTS) is 1. The average molecular weight is 284 g/mol. The first kappa shape index (κ1) is 15.3. The van der Waals surface area contributed by atoms with E-state index in [1.165, 1.54) is 4.90 Å². The molecule has 6 heteroatoms. The first-order valence-corrected chi connectivity index (χ1v) is 7.53. The molecule has 0 saturated carbocycles. The molecule has 0 bridgehead atoms. The highest BCUT2D eigenvalue weighted by Crippen LogP contribution is 2.18. The van der Waals surface area contributed by atoms with Gasteiger partial charge in [0.1, 0.15) is 6.04 Å². The summed E-state index contributed by atoms with van der Waals surface area (Å²) in [4.78, 5) is 24.8. The molecular formula is C14H24N2O4. The molecule has 2 rings (SSSR count). The lowest BCUT2D eigenvalue weighted by atomic mass is 10.0. The fourth-order valence-corrected chi connectivity index (χ4v) is 2.91. The fourth-order valence-electron chi connectivity index (χ4n) is 2.91. The van der Waals surface area contributed by atoms with Crippen molar-refractivity contribution < 1.29 is 19.4 Å². The number of piperidine rings is 2. The summed E-state index contributed by atoms with van der Waals surface area (Å²) in [6.07, 6.45) is 4.83. The summed E-state index contributed by atoms with van der Waals surface area (Å²) < 4.78 is 5.71. The maximum Gasteiger partial charge on any atom is 0.326 e. The molecule has 0 aromatic heterocycles. The van der Waals surface area contributed by atoms with Crippen molar-refractivity contribution in [2.24, 2.45) is 0 Å². The molecule has 1 amide bonds. The Balaban J connectivity index is 1.73. The van der Waals surface area contributed by atoms with Crippen LogP contribution in [0.25, 0.3) is 0 Å². The molecule has 0 aromatic rings. The highest BCUT2D eigenvalue weighted by molar-refractivity contribution is 5.83. The Morgan fingerprint density at radius 2 is 1.95 bits per heavy atom. The lowest BCUT2D eigenvalue weighted by Gasteiger charge is -2.33. The number of nitrogens with zero attached hydrogens (tertiary/aromatic N) is 1. The van der Waals surface area contributed by atoms with Crippen molar-refractivity contribution in [3.8, 4) is 0 Å². The lowest BCUT2D eigenvalue weighted by Crippen LogP contribution is -2.48. The Bertz CT molecular complexity index is 342. The Hall–Kier alpha value is -1.14. The third-order valence-corrected chi connectivity index (χ3v) is 4.06. The van der Waals surface area contributed by atoms with Crippen LogP contribution in [0, 0.1) is 0 Å². The molecular weight excluding hydrogens is 260 g/mol. The van der Waals surface area contributed by atoms with E-state index in [-0.39, 0.29) is 18.4 Å². The van der Waals surface area contributed by atoms with Gasteiger partial charge in [-0.2, -0.15) is 0 Å². The van der Waals surface area contributed by atoms with Crippen molar-refractivity contribution in [1.29, 1.82) is 0 Å². The maximum absolute atomic E-state index is 12.1. The van der Waals surface area contributed by atoms with Crippen LogP contribution in [0.5, 0.6) is 0 Å². The van der Waals surface area contributed by atoms with Gasteiger partial charge in [-0.25, -0.2) is 4.79 Å². The van der Waals surface area contributed by atoms with Crippen LogP contribution < -0.4 is 5.32 Å². The van der Waals surface area contributed by atoms with Gasteiger partial charge in [-0.3, -0.25) is 4.79 Å². The molecule has 0 radical (unpaired) electrons. The number of hydrogen-bond acceptors (Lipinski definition) is 4. The summed E-state index contributed by atoms with van der Waals surface area (Å²) in [6, 6.07) is -0.643. The summed E-state index contributed by atoms with van der Waals surface area (Å²) in [5, 5.41) is 12.4. The smallest absolute Gasteiger partial charge is 0.326 e. The quantitative estimate of drug-likeness (QED) is 0.773. The highest BCUT2D eigenvalue weighted by Gasteiger charge is 2.31. The van der Waals surface area contributed by atoms with Gasteiger partial charge in [0, 0.05) is 6.54 Å². The number of aliphatic carboxylic acids is 1. The maximum atomic E-state index is 12.1. The molecule has 20 heavy (non-hydrogen) atoms. The zero-order valence-electron chi connectivity index (χ0n) is 11.8. The zero-order chi connectivity index (χ0) is 14.4. The van der Waals surface area contributed by atoms with Gasteiger partial charge in [0.2, 0.25) is 5.91 Å². The third-order valence-electron chi connectivity index (χ3n) is 4.06. The van der Waals surface area contributed by atoms with Crippen LogP contribution in [0.4, 0.5) is 0 Å². The van der Waals surface area contributed by atoms with Crippen LogP contribution in [0.1, 0.15) is 38.5 Å². The van der Waals surface area contributed by atoms with Crippen molar-refractivity contribution in [2.45, 2.75) is 50.7 Å². The zero-order valence-corrected chi connectivity index (χ0v) is 11.8. The van der Waals surface area contributed by atoms with Crippen molar-refractivity contribution in [3.63, 3.8) is 0 Å². The van der Waals surface area contributed by atoms with E-state index in [1.54, 1.807) is 0 Å². The van der Waals surface area contributed by atoms with Gasteiger partial charge < -0.3 is 20.1 Å². The van der Waals surface area contributed by atoms with E-state index in [4.69, 9.17) is 9.84 Å². The number of likely N-dealkylation sites (tertiary alicyclic amines) is 1. The van der Waals surface area contributed by atoms with Gasteiger partial charge in [0.25, 0.3) is 0 Å². The standard InChI is InChI=1S/C14H24N2O4/c17-13(6-10-20-11-4-7-15-8-5-11)16-9-2-1-3-12(16)14(18)19/h11-12,15H,1-10H2,(H,18,19)/t12-/m1/s1. The van der Waals surface area contributed by atoms with Crippen LogP contribution in [0.15, 0.2) is 0 Å². The molecule has 6 nitrogen and oxygen atoms in total. The van der Waals surface area contributed by atoms with Crippen molar-refractivity contribution in [1.82, 2.24) is 10.2 Å². The van der Waals surface area contributed by atoms with Crippen LogP contribution in [0.2, 0.25) is 0 Å². The molecule has 2 saturated heterocycles. The number of hydrogen-bond donors (Lipinski definition) is 2. The molecule has 2 heterocycles. The molecule has 2 fully saturated rings. The van der Waals surface area contributed by atoms with Gasteiger partial charge in [-0.1, -0.05) is 0 Å². The number of carbonyl (C=O) groups excluding carboxylic acids is 1. The van der Waals surface area contributed by atoms with Crippen LogP contribution >= 0.6 is 0 Å². The number of amides is 1. The van der Waals surface area contributed by atoms with E-state index < -0.39 is 12.0 Å². The van der Waals surface area contributed by atoms with Crippen molar-refractivity contribution in [2.75, 3.05) is 26.2 Å². The Labute approximate surface area is 119 Å². The number of carboxylic acids is 1. The summed E-state index contributed by atoms with van der Waals surface area (Å²) in [5.74, 6) is -0.983. The third kappa shape index (κ3) is 4.18. The van der Waals surface area contributed by atoms with Crippen LogP contribution in [-0.2, 0) is 14.3 Å². The van der Waals surface area contributed by atoms with Crippen LogP contribution in [0.3, 0.4) is 0 Å². The molecule has 2 N–H and O–H groups in total. The molecule has 2 aliphatic heterocycles. The van der Waals surface area contributed by atoms with E-state index >= 15 is 0 Å². The van der Waals surface area contributed by atoms with Crippen LogP contribution in [-0.4, -0.2) is 60.3 Å². The monoisotopic (exact) mass is 284 g/mol. The SMILES string of the molecule is O=C(O)[C@H]1CCCCN1C(=O)CCOC1CCNCC1. The molecule has 2 aliphatic rings. The van der Waals surface area contributed by atoms with E-state index in [9.17, 15) is 9.59 Å². The summed E-state index contributed by atoms with van der Waals surface area (Å²) in [5.41, 5.74) is 0. The number of nitrogens with one attached hydrogen (secondary N) is 1. The minimum Gasteiger partial charge on any atom is -0.480 e. The van der Waals surface area contributed by atoms with E-state index in [2.05, 4.69) is 5.32 Å². The predicted octanol–water partition coefficient (Wildman–Crippen LogP) is 0.611. The Morgan fingerprint density at radius 3 is 2.65 bits per heavy atom. The first-order chi connectivity index (χ1) is 9.68. The average Bonchev–Trinajstić information content (AvgIpc) is 2.48. The van der Waals surface area contributed by atoms with Gasteiger partial charge >= 0.3 is 5.97 Å². The second-order valence-electron chi connectivity index (χ2n) is 5.51. The van der Waals surface area contributed by atoms with Gasteiger partial charge in [0.15, 0.2) is 0 Å². The summed E-state index contributed by atoms with van der Waals surface area (Å²) >= 11 is 0. The number of ether oxygens (including phenoxy) is 1. The minimum atomic E-state index is -0.891. The number of carbonyl (C=O) groups is 2. The topological polar surface area (TPSA) is 78.9 Å². The van der Waals surface area contributed by atoms with Crippen molar-refractivity contribution >= 4 is 11.9 Å². The van der Waals surface area contributed by atoms with E-state index in [1.807, 2.05) is 0 Å². The van der Waals surface area contributed by atoms with E-state index in [0.29, 0.717) is 19.6 Å². The Morgan fingerprint density at radius 1 is 1.20 bits per heavy atom. The summed E-state index contributed by atoms with van der Waals surface area (Å²) in [6.45, 7) is 2.88. The fraction of sp³-hybridized carbons (Fsp3) is 0.857. The Kier molecular flexibility index (Phi) is 5.79. The molecule has 114 valence electrons. The second kappa shape index (κ2) is 7.59. The van der Waals surface area contributed by atoms with Gasteiger partial charge in [-0.05, 0) is 45.2 Å². The van der Waals surface area contributed by atoms with Gasteiger partial charge in [0.05, 0.1) is 19.1 Å². The number of rotatable bonds is 5. The second-order valence-corrected chi connectivity index (χ2v) is 5.51. The predicted molar refractivity (Wildman–Crippen MR) is 73.4 cm³/mol. The minimum absolute atomic E-state index is 0.0916.